The van der Waals surface area contributed by atoms with Gasteiger partial charge in [-0.25, -0.2) is 4.39 Å². The van der Waals surface area contributed by atoms with Gasteiger partial charge in [0.25, 0.3) is 0 Å². The van der Waals surface area contributed by atoms with E-state index in [0.717, 1.165) is 24.6 Å². The van der Waals surface area contributed by atoms with Crippen LogP contribution in [0.2, 0.25) is 0 Å². The summed E-state index contributed by atoms with van der Waals surface area (Å²) in [4.78, 5) is 6.70. The van der Waals surface area contributed by atoms with E-state index in [0.29, 0.717) is 12.5 Å². The molecule has 1 heterocycles. The van der Waals surface area contributed by atoms with Crippen molar-refractivity contribution in [3.63, 3.8) is 0 Å². The van der Waals surface area contributed by atoms with Gasteiger partial charge >= 0.3 is 0 Å². The molecular weight excluding hydrogens is 267 g/mol. The van der Waals surface area contributed by atoms with E-state index in [1.54, 1.807) is 19.2 Å². The third-order valence-electron chi connectivity index (χ3n) is 3.97. The molecule has 1 aromatic rings. The molecule has 2 rings (SSSR count). The standard InChI is InChI=1S/C16H25FN4/c1-3-21-9-8-14(12-21)11-20-16(18-2)19-10-13-4-6-15(17)7-5-13/h4-7,14H,3,8-12H2,1-2H3,(H2,18,19,20). The molecule has 1 aliphatic rings. The summed E-state index contributed by atoms with van der Waals surface area (Å²) in [5, 5.41) is 6.63. The van der Waals surface area contributed by atoms with Gasteiger partial charge in [0.1, 0.15) is 5.82 Å². The second kappa shape index (κ2) is 7.98. The Morgan fingerprint density at radius 3 is 2.71 bits per heavy atom. The molecule has 1 aromatic carbocycles. The maximum atomic E-state index is 12.8. The highest BCUT2D eigenvalue weighted by molar-refractivity contribution is 5.79. The zero-order valence-electron chi connectivity index (χ0n) is 12.9. The Balaban J connectivity index is 1.72. The van der Waals surface area contributed by atoms with Gasteiger partial charge in [0.15, 0.2) is 5.96 Å². The van der Waals surface area contributed by atoms with Gasteiger partial charge in [0, 0.05) is 26.7 Å². The molecule has 1 aliphatic heterocycles. The molecule has 21 heavy (non-hydrogen) atoms. The monoisotopic (exact) mass is 292 g/mol. The van der Waals surface area contributed by atoms with Crippen LogP contribution in [0.3, 0.4) is 0 Å². The van der Waals surface area contributed by atoms with Crippen molar-refractivity contribution in [3.8, 4) is 0 Å². The Morgan fingerprint density at radius 1 is 1.33 bits per heavy atom. The average molecular weight is 292 g/mol. The van der Waals surface area contributed by atoms with E-state index >= 15 is 0 Å². The van der Waals surface area contributed by atoms with Gasteiger partial charge in [-0.15, -0.1) is 0 Å². The van der Waals surface area contributed by atoms with Crippen molar-refractivity contribution in [1.29, 1.82) is 0 Å². The molecule has 0 bridgehead atoms. The highest BCUT2D eigenvalue weighted by Crippen LogP contribution is 2.14. The van der Waals surface area contributed by atoms with Crippen LogP contribution in [-0.2, 0) is 6.54 Å². The Hall–Kier alpha value is -1.62. The highest BCUT2D eigenvalue weighted by atomic mass is 19.1. The van der Waals surface area contributed by atoms with Gasteiger partial charge in [-0.2, -0.15) is 0 Å². The first-order valence-electron chi connectivity index (χ1n) is 7.62. The van der Waals surface area contributed by atoms with Gasteiger partial charge in [-0.3, -0.25) is 4.99 Å². The highest BCUT2D eigenvalue weighted by Gasteiger charge is 2.20. The third-order valence-corrected chi connectivity index (χ3v) is 3.97. The molecule has 1 atom stereocenters. The third kappa shape index (κ3) is 5.01. The van der Waals surface area contributed by atoms with E-state index in [4.69, 9.17) is 0 Å². The van der Waals surface area contributed by atoms with Crippen LogP contribution < -0.4 is 10.6 Å². The number of likely N-dealkylation sites (tertiary alicyclic amines) is 1. The maximum absolute atomic E-state index is 12.8. The van der Waals surface area contributed by atoms with Crippen LogP contribution in [0.1, 0.15) is 18.9 Å². The lowest BCUT2D eigenvalue weighted by Gasteiger charge is -2.16. The topological polar surface area (TPSA) is 39.7 Å². The second-order valence-electron chi connectivity index (χ2n) is 5.48. The largest absolute Gasteiger partial charge is 0.356 e. The van der Waals surface area contributed by atoms with Crippen molar-refractivity contribution in [2.45, 2.75) is 19.9 Å². The lowest BCUT2D eigenvalue weighted by molar-refractivity contribution is 0.342. The summed E-state index contributed by atoms with van der Waals surface area (Å²) in [6.07, 6.45) is 1.25. The van der Waals surface area contributed by atoms with Crippen LogP contribution >= 0.6 is 0 Å². The van der Waals surface area contributed by atoms with Crippen LogP contribution in [0, 0.1) is 11.7 Å². The number of halogens is 1. The minimum Gasteiger partial charge on any atom is -0.356 e. The smallest absolute Gasteiger partial charge is 0.191 e. The van der Waals surface area contributed by atoms with Crippen LogP contribution in [-0.4, -0.2) is 44.1 Å². The summed E-state index contributed by atoms with van der Waals surface area (Å²) in [6, 6.07) is 6.52. The van der Waals surface area contributed by atoms with Gasteiger partial charge in [0.2, 0.25) is 0 Å². The number of rotatable bonds is 5. The molecule has 1 unspecified atom stereocenters. The van der Waals surface area contributed by atoms with E-state index in [1.165, 1.54) is 31.6 Å². The zero-order chi connectivity index (χ0) is 15.1. The summed E-state index contributed by atoms with van der Waals surface area (Å²) in [7, 11) is 1.77. The van der Waals surface area contributed by atoms with Gasteiger partial charge in [0.05, 0.1) is 0 Å². The van der Waals surface area contributed by atoms with E-state index in [9.17, 15) is 4.39 Å². The first kappa shape index (κ1) is 15.8. The van der Waals surface area contributed by atoms with Gasteiger partial charge in [-0.05, 0) is 43.1 Å². The number of nitrogens with zero attached hydrogens (tertiary/aromatic N) is 2. The van der Waals surface area contributed by atoms with E-state index in [-0.39, 0.29) is 5.82 Å². The first-order chi connectivity index (χ1) is 10.2. The van der Waals surface area contributed by atoms with Crippen molar-refractivity contribution < 1.29 is 4.39 Å². The Kier molecular flexibility index (Phi) is 5.99. The molecule has 1 fully saturated rings. The number of benzene rings is 1. The fourth-order valence-corrected chi connectivity index (χ4v) is 2.62. The lowest BCUT2D eigenvalue weighted by atomic mass is 10.1. The minimum absolute atomic E-state index is 0.206. The summed E-state index contributed by atoms with van der Waals surface area (Å²) < 4.78 is 12.8. The molecule has 116 valence electrons. The Morgan fingerprint density at radius 2 is 2.10 bits per heavy atom. The number of aliphatic imine (C=N–C) groups is 1. The summed E-state index contributed by atoms with van der Waals surface area (Å²) in [5.41, 5.74) is 1.04. The minimum atomic E-state index is -0.206. The van der Waals surface area contributed by atoms with Crippen LogP contribution in [0.4, 0.5) is 4.39 Å². The molecule has 0 saturated carbocycles. The van der Waals surface area contributed by atoms with Crippen molar-refractivity contribution in [2.24, 2.45) is 10.9 Å². The maximum Gasteiger partial charge on any atom is 0.191 e. The Bertz CT molecular complexity index is 458. The fourth-order valence-electron chi connectivity index (χ4n) is 2.62. The summed E-state index contributed by atoms with van der Waals surface area (Å²) in [6.45, 7) is 7.29. The molecule has 0 radical (unpaired) electrons. The van der Waals surface area contributed by atoms with E-state index in [2.05, 4.69) is 27.4 Å². The predicted molar refractivity (Wildman–Crippen MR) is 84.8 cm³/mol. The summed E-state index contributed by atoms with van der Waals surface area (Å²) in [5.74, 6) is 1.28. The molecule has 5 heteroatoms. The molecule has 0 spiro atoms. The number of hydrogen-bond acceptors (Lipinski definition) is 2. The predicted octanol–water partition coefficient (Wildman–Crippen LogP) is 1.83. The molecule has 1 saturated heterocycles. The number of nitrogens with one attached hydrogen (secondary N) is 2. The van der Waals surface area contributed by atoms with Gasteiger partial charge in [-0.1, -0.05) is 19.1 Å². The fraction of sp³-hybridized carbons (Fsp3) is 0.562. The SMILES string of the molecule is CCN1CCC(CNC(=NC)NCc2ccc(F)cc2)C1. The Labute approximate surface area is 126 Å². The van der Waals surface area contributed by atoms with Crippen LogP contribution in [0.15, 0.2) is 29.3 Å². The molecule has 2 N–H and O–H groups in total. The van der Waals surface area contributed by atoms with E-state index < -0.39 is 0 Å². The number of hydrogen-bond donors (Lipinski definition) is 2. The second-order valence-corrected chi connectivity index (χ2v) is 5.48. The number of guanidine groups is 1. The quantitative estimate of drug-likeness (QED) is 0.642. The van der Waals surface area contributed by atoms with Crippen molar-refractivity contribution in [1.82, 2.24) is 15.5 Å². The van der Waals surface area contributed by atoms with Crippen molar-refractivity contribution in [2.75, 3.05) is 33.2 Å². The molecule has 0 amide bonds. The van der Waals surface area contributed by atoms with Gasteiger partial charge < -0.3 is 15.5 Å². The molecule has 4 nitrogen and oxygen atoms in total. The molecule has 0 aromatic heterocycles. The molecule has 0 aliphatic carbocycles. The van der Waals surface area contributed by atoms with E-state index in [1.807, 2.05) is 0 Å². The lowest BCUT2D eigenvalue weighted by Crippen LogP contribution is -2.39. The van der Waals surface area contributed by atoms with Crippen LogP contribution in [0.25, 0.3) is 0 Å². The van der Waals surface area contributed by atoms with Crippen molar-refractivity contribution in [3.05, 3.63) is 35.6 Å². The van der Waals surface area contributed by atoms with Crippen LogP contribution in [0.5, 0.6) is 0 Å². The molecular formula is C16H25FN4. The van der Waals surface area contributed by atoms with Crippen molar-refractivity contribution >= 4 is 5.96 Å². The summed E-state index contributed by atoms with van der Waals surface area (Å²) >= 11 is 0. The normalized spacial score (nSPS) is 19.8. The average Bonchev–Trinajstić information content (AvgIpc) is 2.97. The zero-order valence-corrected chi connectivity index (χ0v) is 12.9. The first-order valence-corrected chi connectivity index (χ1v) is 7.62.